The number of hydrogen-bond acceptors (Lipinski definition) is 5. The summed E-state index contributed by atoms with van der Waals surface area (Å²) in [5.41, 5.74) is 0. The van der Waals surface area contributed by atoms with Gasteiger partial charge in [-0.3, -0.25) is 4.21 Å². The maximum absolute atomic E-state index is 11.7. The van der Waals surface area contributed by atoms with E-state index in [0.717, 1.165) is 12.4 Å². The van der Waals surface area contributed by atoms with Crippen molar-refractivity contribution in [2.24, 2.45) is 0 Å². The highest BCUT2D eigenvalue weighted by molar-refractivity contribution is 7.89. The first-order valence-electron chi connectivity index (χ1n) is 4.62. The summed E-state index contributed by atoms with van der Waals surface area (Å²) in [5.74, 6) is 0. The Morgan fingerprint density at radius 1 is 1.47 bits per heavy atom. The van der Waals surface area contributed by atoms with E-state index in [1.54, 1.807) is 6.92 Å². The van der Waals surface area contributed by atoms with Gasteiger partial charge in [-0.15, -0.1) is 0 Å². The third kappa shape index (κ3) is 4.30. The summed E-state index contributed by atoms with van der Waals surface area (Å²) in [6.45, 7) is 1.78. The molecule has 0 spiro atoms. The van der Waals surface area contributed by atoms with E-state index in [2.05, 4.69) is 14.7 Å². The van der Waals surface area contributed by atoms with Crippen LogP contribution in [0.3, 0.4) is 0 Å². The van der Waals surface area contributed by atoms with Gasteiger partial charge >= 0.3 is 0 Å². The fourth-order valence-corrected chi connectivity index (χ4v) is 2.41. The zero-order valence-electron chi connectivity index (χ0n) is 9.25. The Bertz CT molecular complexity index is 503. The molecule has 0 aromatic carbocycles. The molecule has 1 heterocycles. The van der Waals surface area contributed by atoms with E-state index in [9.17, 15) is 12.6 Å². The van der Waals surface area contributed by atoms with E-state index in [0.29, 0.717) is 0 Å². The Labute approximate surface area is 107 Å². The first kappa shape index (κ1) is 14.5. The van der Waals surface area contributed by atoms with Crippen LogP contribution in [0.5, 0.6) is 0 Å². The van der Waals surface area contributed by atoms with Crippen molar-refractivity contribution >= 4 is 32.4 Å². The van der Waals surface area contributed by atoms with Crippen molar-refractivity contribution < 1.29 is 12.6 Å². The Morgan fingerprint density at radius 2 is 2.00 bits per heavy atom. The minimum atomic E-state index is -3.67. The summed E-state index contributed by atoms with van der Waals surface area (Å²) in [7, 11) is -4.76. The number of halogens is 1. The summed E-state index contributed by atoms with van der Waals surface area (Å²) >= 11 is 5.45. The molecular weight excluding hydrogens is 286 g/mol. The van der Waals surface area contributed by atoms with Crippen molar-refractivity contribution in [3.63, 3.8) is 0 Å². The molecule has 96 valence electrons. The summed E-state index contributed by atoms with van der Waals surface area (Å²) < 4.78 is 36.9. The van der Waals surface area contributed by atoms with E-state index in [1.165, 1.54) is 6.26 Å². The van der Waals surface area contributed by atoms with Crippen LogP contribution in [-0.2, 0) is 20.8 Å². The highest BCUT2D eigenvalue weighted by Gasteiger charge is 2.17. The average molecular weight is 298 g/mol. The Morgan fingerprint density at radius 3 is 2.47 bits per heavy atom. The van der Waals surface area contributed by atoms with Crippen LogP contribution in [0.4, 0.5) is 0 Å². The largest absolute Gasteiger partial charge is 0.260 e. The predicted octanol–water partition coefficient (Wildman–Crippen LogP) is 0.175. The molecule has 0 bridgehead atoms. The zero-order chi connectivity index (χ0) is 13.1. The fourth-order valence-electron chi connectivity index (χ4n) is 0.867. The number of nitrogens with zero attached hydrogens (tertiary/aromatic N) is 2. The Hall–Kier alpha value is -0.570. The van der Waals surface area contributed by atoms with Crippen LogP contribution in [0.2, 0.25) is 5.28 Å². The van der Waals surface area contributed by atoms with E-state index in [-0.39, 0.29) is 22.0 Å². The van der Waals surface area contributed by atoms with Gasteiger partial charge in [0.2, 0.25) is 15.3 Å². The molecule has 0 radical (unpaired) electrons. The van der Waals surface area contributed by atoms with Crippen molar-refractivity contribution in [3.05, 3.63) is 17.7 Å². The number of aromatic nitrogens is 2. The number of nitrogens with one attached hydrogen (secondary N) is 1. The van der Waals surface area contributed by atoms with Crippen molar-refractivity contribution in [3.8, 4) is 0 Å². The molecule has 1 rings (SSSR count). The number of hydrogen-bond donors (Lipinski definition) is 1. The van der Waals surface area contributed by atoms with E-state index in [1.807, 2.05) is 0 Å². The van der Waals surface area contributed by atoms with Gasteiger partial charge < -0.3 is 0 Å². The van der Waals surface area contributed by atoms with E-state index < -0.39 is 20.8 Å². The average Bonchev–Trinajstić information content (AvgIpc) is 2.26. The predicted molar refractivity (Wildman–Crippen MR) is 65.8 cm³/mol. The third-order valence-corrected chi connectivity index (χ3v) is 4.91. The maximum atomic E-state index is 11.7. The van der Waals surface area contributed by atoms with Crippen LogP contribution in [0.25, 0.3) is 0 Å². The van der Waals surface area contributed by atoms with Crippen molar-refractivity contribution in [2.45, 2.75) is 17.1 Å². The molecule has 17 heavy (non-hydrogen) atoms. The molecular formula is C8H12ClN3O3S2. The van der Waals surface area contributed by atoms with E-state index >= 15 is 0 Å². The molecule has 2 unspecified atom stereocenters. The number of sulfonamides is 1. The van der Waals surface area contributed by atoms with Gasteiger partial charge in [0.15, 0.2) is 0 Å². The molecule has 0 fully saturated rings. The lowest BCUT2D eigenvalue weighted by Gasteiger charge is -2.10. The molecule has 1 aromatic rings. The van der Waals surface area contributed by atoms with Crippen LogP contribution >= 0.6 is 11.6 Å². The second-order valence-electron chi connectivity index (χ2n) is 3.35. The first-order chi connectivity index (χ1) is 7.83. The van der Waals surface area contributed by atoms with Crippen LogP contribution < -0.4 is 4.72 Å². The quantitative estimate of drug-likeness (QED) is 0.783. The first-order valence-corrected chi connectivity index (χ1v) is 8.10. The normalized spacial score (nSPS) is 15.5. The minimum Gasteiger partial charge on any atom is -0.260 e. The van der Waals surface area contributed by atoms with Gasteiger partial charge in [0.1, 0.15) is 4.90 Å². The molecule has 1 aromatic heterocycles. The monoisotopic (exact) mass is 297 g/mol. The second kappa shape index (κ2) is 5.85. The molecule has 2 atom stereocenters. The Kier molecular flexibility index (Phi) is 4.99. The van der Waals surface area contributed by atoms with Gasteiger partial charge in [-0.05, 0) is 18.5 Å². The lowest BCUT2D eigenvalue weighted by Crippen LogP contribution is -2.32. The molecule has 0 saturated carbocycles. The molecule has 0 aliphatic rings. The zero-order valence-corrected chi connectivity index (χ0v) is 11.6. The standard InChI is InChI=1S/C8H12ClN3O3S2/c1-6(16(2)13)3-12-17(14,15)7-4-10-8(9)11-5-7/h4-6,12H,3H2,1-2H3. The molecule has 1 N–H and O–H groups in total. The smallest absolute Gasteiger partial charge is 0.243 e. The van der Waals surface area contributed by atoms with Crippen LogP contribution in [0.15, 0.2) is 17.3 Å². The van der Waals surface area contributed by atoms with Gasteiger partial charge in [0, 0.05) is 28.9 Å². The minimum absolute atomic E-state index is 0.0213. The van der Waals surface area contributed by atoms with Crippen molar-refractivity contribution in [1.82, 2.24) is 14.7 Å². The summed E-state index contributed by atoms with van der Waals surface area (Å²) in [6.07, 6.45) is 3.75. The van der Waals surface area contributed by atoms with Crippen molar-refractivity contribution in [1.29, 1.82) is 0 Å². The summed E-state index contributed by atoms with van der Waals surface area (Å²) in [5, 5.41) is -0.287. The van der Waals surface area contributed by atoms with Gasteiger partial charge in [-0.1, -0.05) is 0 Å². The van der Waals surface area contributed by atoms with Crippen LogP contribution in [0.1, 0.15) is 6.92 Å². The fraction of sp³-hybridized carbons (Fsp3) is 0.500. The lowest BCUT2D eigenvalue weighted by atomic mass is 10.5. The van der Waals surface area contributed by atoms with Crippen LogP contribution in [-0.4, -0.2) is 40.6 Å². The molecule has 9 heteroatoms. The van der Waals surface area contributed by atoms with E-state index in [4.69, 9.17) is 11.6 Å². The Balaban J connectivity index is 2.76. The van der Waals surface area contributed by atoms with Gasteiger partial charge in [0.05, 0.1) is 12.4 Å². The summed E-state index contributed by atoms with van der Waals surface area (Å²) in [6, 6.07) is 0. The summed E-state index contributed by atoms with van der Waals surface area (Å²) in [4.78, 5) is 7.09. The van der Waals surface area contributed by atoms with Gasteiger partial charge in [-0.2, -0.15) is 0 Å². The second-order valence-corrected chi connectivity index (χ2v) is 7.26. The maximum Gasteiger partial charge on any atom is 0.243 e. The topological polar surface area (TPSA) is 89.0 Å². The highest BCUT2D eigenvalue weighted by atomic mass is 35.5. The van der Waals surface area contributed by atoms with Crippen molar-refractivity contribution in [2.75, 3.05) is 12.8 Å². The number of rotatable bonds is 5. The lowest BCUT2D eigenvalue weighted by molar-refractivity contribution is 0.579. The molecule has 0 aliphatic heterocycles. The van der Waals surface area contributed by atoms with Gasteiger partial charge in [0.25, 0.3) is 0 Å². The molecule has 0 amide bonds. The molecule has 0 aliphatic carbocycles. The highest BCUT2D eigenvalue weighted by Crippen LogP contribution is 2.07. The SMILES string of the molecule is CC(CNS(=O)(=O)c1cnc(Cl)nc1)S(C)=O. The van der Waals surface area contributed by atoms with Gasteiger partial charge in [-0.25, -0.2) is 23.1 Å². The third-order valence-electron chi connectivity index (χ3n) is 2.03. The molecule has 0 saturated heterocycles. The van der Waals surface area contributed by atoms with Crippen LogP contribution in [0, 0.1) is 0 Å². The molecule has 6 nitrogen and oxygen atoms in total.